The molecule has 1 amide bonds. The summed E-state index contributed by atoms with van der Waals surface area (Å²) in [6.45, 7) is 1.10. The predicted molar refractivity (Wildman–Crippen MR) is 68.5 cm³/mol. The number of halogens is 1. The first-order valence-electron chi connectivity index (χ1n) is 6.07. The summed E-state index contributed by atoms with van der Waals surface area (Å²) in [6.07, 6.45) is 3.85. The smallest absolute Gasteiger partial charge is 0.228 e. The first-order chi connectivity index (χ1) is 8.22. The van der Waals surface area contributed by atoms with E-state index >= 15 is 0 Å². The van der Waals surface area contributed by atoms with Crippen LogP contribution in [0, 0.1) is 0 Å². The topological polar surface area (TPSA) is 41.1 Å². The lowest BCUT2D eigenvalue weighted by atomic mass is 10.00. The van der Waals surface area contributed by atoms with E-state index in [1.165, 1.54) is 12.8 Å². The van der Waals surface area contributed by atoms with E-state index in [1.807, 2.05) is 12.1 Å². The van der Waals surface area contributed by atoms with Crippen LogP contribution in [0.15, 0.2) is 12.1 Å². The van der Waals surface area contributed by atoms with E-state index in [-0.39, 0.29) is 5.91 Å². The number of anilines is 1. The van der Waals surface area contributed by atoms with Gasteiger partial charge in [0, 0.05) is 16.8 Å². The van der Waals surface area contributed by atoms with Crippen molar-refractivity contribution in [1.82, 2.24) is 5.32 Å². The van der Waals surface area contributed by atoms with Crippen LogP contribution in [-0.2, 0) is 17.6 Å². The summed E-state index contributed by atoms with van der Waals surface area (Å²) in [6, 6.07) is 4.39. The number of carbonyl (C=O) groups is 1. The molecule has 1 aromatic carbocycles. The third-order valence-electron chi connectivity index (χ3n) is 3.51. The number of carbonyl (C=O) groups excluding carboxylic acids is 1. The van der Waals surface area contributed by atoms with Gasteiger partial charge in [-0.25, -0.2) is 0 Å². The largest absolute Gasteiger partial charge is 0.325 e. The molecule has 2 aliphatic heterocycles. The van der Waals surface area contributed by atoms with Crippen molar-refractivity contribution >= 4 is 23.2 Å². The van der Waals surface area contributed by atoms with Gasteiger partial charge in [-0.05, 0) is 49.1 Å². The standard InChI is InChI=1S/C13H15ClN2O/c14-10-4-8(6-11-2-1-3-15-11)13-9(5-10)7-12(17)16-13/h4-5,11,15H,1-3,6-7H2,(H,16,17). The van der Waals surface area contributed by atoms with Crippen molar-refractivity contribution in [3.63, 3.8) is 0 Å². The molecule has 0 saturated carbocycles. The molecule has 1 unspecified atom stereocenters. The Morgan fingerprint density at radius 3 is 3.06 bits per heavy atom. The van der Waals surface area contributed by atoms with Crippen LogP contribution in [-0.4, -0.2) is 18.5 Å². The van der Waals surface area contributed by atoms with E-state index in [1.54, 1.807) is 0 Å². The Kier molecular flexibility index (Phi) is 2.81. The zero-order valence-corrected chi connectivity index (χ0v) is 10.3. The number of hydrogen-bond acceptors (Lipinski definition) is 2. The van der Waals surface area contributed by atoms with Gasteiger partial charge >= 0.3 is 0 Å². The Hall–Kier alpha value is -1.06. The molecule has 1 atom stereocenters. The first kappa shape index (κ1) is 11.1. The van der Waals surface area contributed by atoms with Gasteiger partial charge in [0.1, 0.15) is 0 Å². The highest BCUT2D eigenvalue weighted by atomic mass is 35.5. The molecule has 2 N–H and O–H groups in total. The molecule has 0 spiro atoms. The van der Waals surface area contributed by atoms with Crippen LogP contribution < -0.4 is 10.6 Å². The molecule has 3 nitrogen and oxygen atoms in total. The highest BCUT2D eigenvalue weighted by molar-refractivity contribution is 6.31. The minimum absolute atomic E-state index is 0.0721. The third kappa shape index (κ3) is 2.17. The number of nitrogens with one attached hydrogen (secondary N) is 2. The number of amides is 1. The highest BCUT2D eigenvalue weighted by Gasteiger charge is 2.23. The quantitative estimate of drug-likeness (QED) is 0.844. The van der Waals surface area contributed by atoms with E-state index in [9.17, 15) is 4.79 Å². The van der Waals surface area contributed by atoms with Gasteiger partial charge in [0.25, 0.3) is 0 Å². The third-order valence-corrected chi connectivity index (χ3v) is 3.73. The lowest BCUT2D eigenvalue weighted by Gasteiger charge is -2.14. The maximum Gasteiger partial charge on any atom is 0.228 e. The van der Waals surface area contributed by atoms with E-state index in [0.29, 0.717) is 12.5 Å². The number of fused-ring (bicyclic) bond motifs is 1. The second kappa shape index (κ2) is 4.31. The Morgan fingerprint density at radius 2 is 2.29 bits per heavy atom. The van der Waals surface area contributed by atoms with Crippen molar-refractivity contribution in [3.05, 3.63) is 28.3 Å². The molecule has 3 rings (SSSR count). The maximum absolute atomic E-state index is 11.4. The molecule has 0 aliphatic carbocycles. The van der Waals surface area contributed by atoms with Crippen LogP contribution in [0.4, 0.5) is 5.69 Å². The number of hydrogen-bond donors (Lipinski definition) is 2. The summed E-state index contributed by atoms with van der Waals surface area (Å²) in [5, 5.41) is 7.14. The molecule has 0 bridgehead atoms. The molecule has 1 fully saturated rings. The Bertz CT molecular complexity index is 467. The number of rotatable bonds is 2. The molecule has 90 valence electrons. The Balaban J connectivity index is 1.90. The van der Waals surface area contributed by atoms with Gasteiger partial charge in [-0.2, -0.15) is 0 Å². The van der Waals surface area contributed by atoms with E-state index in [4.69, 9.17) is 11.6 Å². The van der Waals surface area contributed by atoms with E-state index in [2.05, 4.69) is 10.6 Å². The SMILES string of the molecule is O=C1Cc2cc(Cl)cc(CC3CCCN3)c2N1. The molecule has 0 radical (unpaired) electrons. The van der Waals surface area contributed by atoms with Gasteiger partial charge in [0.05, 0.1) is 6.42 Å². The summed E-state index contributed by atoms with van der Waals surface area (Å²) in [5.74, 6) is 0.0721. The summed E-state index contributed by atoms with van der Waals surface area (Å²) in [4.78, 5) is 11.4. The first-order valence-corrected chi connectivity index (χ1v) is 6.45. The van der Waals surface area contributed by atoms with Crippen molar-refractivity contribution in [1.29, 1.82) is 0 Å². The fraction of sp³-hybridized carbons (Fsp3) is 0.462. The van der Waals surface area contributed by atoms with Gasteiger partial charge in [0.15, 0.2) is 0 Å². The van der Waals surface area contributed by atoms with Crippen molar-refractivity contribution in [2.75, 3.05) is 11.9 Å². The molecule has 2 aliphatic rings. The summed E-state index contributed by atoms with van der Waals surface area (Å²) < 4.78 is 0. The molecule has 4 heteroatoms. The van der Waals surface area contributed by atoms with Gasteiger partial charge in [-0.1, -0.05) is 11.6 Å². The van der Waals surface area contributed by atoms with Gasteiger partial charge in [0.2, 0.25) is 5.91 Å². The predicted octanol–water partition coefficient (Wildman–Crippen LogP) is 2.13. The second-order valence-electron chi connectivity index (χ2n) is 4.82. The normalized spacial score (nSPS) is 22.6. The van der Waals surface area contributed by atoms with Crippen LogP contribution in [0.3, 0.4) is 0 Å². The van der Waals surface area contributed by atoms with Crippen molar-refractivity contribution in [3.8, 4) is 0 Å². The Labute approximate surface area is 106 Å². The molecule has 1 saturated heterocycles. The van der Waals surface area contributed by atoms with E-state index < -0.39 is 0 Å². The molecule has 0 aromatic heterocycles. The maximum atomic E-state index is 11.4. The van der Waals surface area contributed by atoms with Crippen molar-refractivity contribution in [2.45, 2.75) is 31.7 Å². The zero-order chi connectivity index (χ0) is 11.8. The lowest BCUT2D eigenvalue weighted by Crippen LogP contribution is -2.24. The molecule has 1 aromatic rings. The monoisotopic (exact) mass is 250 g/mol. The molecule has 2 heterocycles. The molecular weight excluding hydrogens is 236 g/mol. The summed E-state index contributed by atoms with van der Waals surface area (Å²) in [5.41, 5.74) is 3.20. The van der Waals surface area contributed by atoms with Crippen LogP contribution >= 0.6 is 11.6 Å². The fourth-order valence-electron chi connectivity index (χ4n) is 2.74. The van der Waals surface area contributed by atoms with Gasteiger partial charge < -0.3 is 10.6 Å². The van der Waals surface area contributed by atoms with Crippen LogP contribution in [0.2, 0.25) is 5.02 Å². The van der Waals surface area contributed by atoms with Crippen LogP contribution in [0.1, 0.15) is 24.0 Å². The lowest BCUT2D eigenvalue weighted by molar-refractivity contribution is -0.115. The van der Waals surface area contributed by atoms with Gasteiger partial charge in [-0.15, -0.1) is 0 Å². The summed E-state index contributed by atoms with van der Waals surface area (Å²) in [7, 11) is 0. The van der Waals surface area contributed by atoms with E-state index in [0.717, 1.165) is 34.8 Å². The average Bonchev–Trinajstić information content (AvgIpc) is 2.86. The molecular formula is C13H15ClN2O. The summed E-state index contributed by atoms with van der Waals surface area (Å²) >= 11 is 6.10. The minimum Gasteiger partial charge on any atom is -0.325 e. The van der Waals surface area contributed by atoms with Crippen LogP contribution in [0.5, 0.6) is 0 Å². The van der Waals surface area contributed by atoms with Gasteiger partial charge in [-0.3, -0.25) is 4.79 Å². The number of benzene rings is 1. The second-order valence-corrected chi connectivity index (χ2v) is 5.26. The van der Waals surface area contributed by atoms with Crippen molar-refractivity contribution in [2.24, 2.45) is 0 Å². The minimum atomic E-state index is 0.0721. The Morgan fingerprint density at radius 1 is 1.41 bits per heavy atom. The average molecular weight is 251 g/mol. The van der Waals surface area contributed by atoms with Crippen molar-refractivity contribution < 1.29 is 4.79 Å². The fourth-order valence-corrected chi connectivity index (χ4v) is 3.00. The molecule has 17 heavy (non-hydrogen) atoms. The van der Waals surface area contributed by atoms with Crippen LogP contribution in [0.25, 0.3) is 0 Å². The zero-order valence-electron chi connectivity index (χ0n) is 9.55. The highest BCUT2D eigenvalue weighted by Crippen LogP contribution is 2.32.